The number of anilines is 2. The average Bonchev–Trinajstić information content (AvgIpc) is 2.49. The molecule has 0 radical (unpaired) electrons. The van der Waals surface area contributed by atoms with Gasteiger partial charge in [0.15, 0.2) is 5.78 Å². The van der Waals surface area contributed by atoms with Gasteiger partial charge >= 0.3 is 6.03 Å². The van der Waals surface area contributed by atoms with E-state index < -0.39 is 11.8 Å². The number of para-hydroxylation sites is 1. The van der Waals surface area contributed by atoms with Gasteiger partial charge in [-0.2, -0.15) is 0 Å². The molecule has 6 heteroatoms. The maximum atomic E-state index is 13.4. The quantitative estimate of drug-likeness (QED) is 0.756. The Bertz CT molecular complexity index is 673. The van der Waals surface area contributed by atoms with E-state index in [0.29, 0.717) is 11.3 Å². The van der Waals surface area contributed by atoms with E-state index in [1.807, 2.05) is 0 Å². The fourth-order valence-electron chi connectivity index (χ4n) is 1.74. The lowest BCUT2D eigenvalue weighted by atomic mass is 10.1. The third-order valence-electron chi connectivity index (χ3n) is 2.75. The predicted octanol–water partition coefficient (Wildman–Crippen LogP) is 2.61. The second-order valence-corrected chi connectivity index (χ2v) is 4.27. The number of nitrogens with one attached hydrogen (secondary N) is 2. The third-order valence-corrected chi connectivity index (χ3v) is 2.75. The Morgan fingerprint density at radius 2 is 1.81 bits per heavy atom. The van der Waals surface area contributed by atoms with Crippen molar-refractivity contribution in [1.82, 2.24) is 0 Å². The molecule has 0 aromatic heterocycles. The Labute approximate surface area is 121 Å². The first-order chi connectivity index (χ1) is 10.1. The molecule has 0 aliphatic rings. The summed E-state index contributed by atoms with van der Waals surface area (Å²) in [5.41, 5.74) is 6.18. The molecule has 108 valence electrons. The number of Topliss-reactive ketones (excluding diaryl/α,β-unsaturated/α-hetero) is 1. The summed E-state index contributed by atoms with van der Waals surface area (Å²) in [5, 5.41) is 4.91. The highest BCUT2D eigenvalue weighted by molar-refractivity contribution is 6.02. The third kappa shape index (κ3) is 3.87. The number of halogens is 1. The van der Waals surface area contributed by atoms with Gasteiger partial charge in [-0.1, -0.05) is 24.3 Å². The van der Waals surface area contributed by atoms with Crippen LogP contribution < -0.4 is 16.4 Å². The topological polar surface area (TPSA) is 84.2 Å². The van der Waals surface area contributed by atoms with Gasteiger partial charge in [0.05, 0.1) is 12.2 Å². The lowest BCUT2D eigenvalue weighted by Gasteiger charge is -2.09. The zero-order valence-corrected chi connectivity index (χ0v) is 11.1. The van der Waals surface area contributed by atoms with Gasteiger partial charge in [0.25, 0.3) is 0 Å². The largest absolute Gasteiger partial charge is 0.324 e. The van der Waals surface area contributed by atoms with Gasteiger partial charge < -0.3 is 16.4 Å². The number of urea groups is 1. The molecule has 21 heavy (non-hydrogen) atoms. The van der Waals surface area contributed by atoms with Crippen LogP contribution in [0.5, 0.6) is 0 Å². The number of hydrogen-bond acceptors (Lipinski definition) is 3. The molecule has 0 aliphatic heterocycles. The molecule has 0 unspecified atom stereocenters. The Kier molecular flexibility index (Phi) is 4.63. The van der Waals surface area contributed by atoms with Crippen LogP contribution in [0.4, 0.5) is 20.6 Å². The maximum absolute atomic E-state index is 13.4. The van der Waals surface area contributed by atoms with E-state index in [-0.39, 0.29) is 18.0 Å². The van der Waals surface area contributed by atoms with Crippen molar-refractivity contribution in [1.29, 1.82) is 0 Å². The SMILES string of the molecule is NCC(=O)c1cccc(NC(=O)Nc2ccccc2F)c1. The van der Waals surface area contributed by atoms with Gasteiger partial charge in [0.2, 0.25) is 0 Å². The lowest BCUT2D eigenvalue weighted by Crippen LogP contribution is -2.20. The molecule has 2 amide bonds. The van der Waals surface area contributed by atoms with E-state index in [2.05, 4.69) is 10.6 Å². The van der Waals surface area contributed by atoms with E-state index in [0.717, 1.165) is 0 Å². The van der Waals surface area contributed by atoms with E-state index >= 15 is 0 Å². The molecule has 0 saturated carbocycles. The molecule has 0 heterocycles. The summed E-state index contributed by atoms with van der Waals surface area (Å²) in [4.78, 5) is 23.3. The van der Waals surface area contributed by atoms with Gasteiger partial charge in [-0.25, -0.2) is 9.18 Å². The summed E-state index contributed by atoms with van der Waals surface area (Å²) in [6.45, 7) is -0.106. The fraction of sp³-hybridized carbons (Fsp3) is 0.0667. The first-order valence-corrected chi connectivity index (χ1v) is 6.26. The smallest absolute Gasteiger partial charge is 0.323 e. The van der Waals surface area contributed by atoms with Crippen molar-refractivity contribution in [2.24, 2.45) is 5.73 Å². The molecule has 0 saturated heterocycles. The van der Waals surface area contributed by atoms with Crippen molar-refractivity contribution in [3.05, 3.63) is 59.9 Å². The average molecular weight is 287 g/mol. The monoisotopic (exact) mass is 287 g/mol. The van der Waals surface area contributed by atoms with Crippen LogP contribution in [-0.4, -0.2) is 18.4 Å². The number of nitrogens with two attached hydrogens (primary N) is 1. The summed E-state index contributed by atoms with van der Waals surface area (Å²) in [7, 11) is 0. The van der Waals surface area contributed by atoms with E-state index in [9.17, 15) is 14.0 Å². The number of ketones is 1. The summed E-state index contributed by atoms with van der Waals surface area (Å²) >= 11 is 0. The van der Waals surface area contributed by atoms with Gasteiger partial charge in [0.1, 0.15) is 5.82 Å². The number of carbonyl (C=O) groups excluding carboxylic acids is 2. The summed E-state index contributed by atoms with van der Waals surface area (Å²) in [5.74, 6) is -0.757. The van der Waals surface area contributed by atoms with Gasteiger partial charge in [-0.15, -0.1) is 0 Å². The summed E-state index contributed by atoms with van der Waals surface area (Å²) in [6, 6.07) is 11.6. The maximum Gasteiger partial charge on any atom is 0.323 e. The highest BCUT2D eigenvalue weighted by atomic mass is 19.1. The van der Waals surface area contributed by atoms with E-state index in [1.54, 1.807) is 24.3 Å². The van der Waals surface area contributed by atoms with Gasteiger partial charge in [0, 0.05) is 11.3 Å². The zero-order valence-electron chi connectivity index (χ0n) is 11.1. The molecule has 0 spiro atoms. The molecular weight excluding hydrogens is 273 g/mol. The Morgan fingerprint density at radius 3 is 2.52 bits per heavy atom. The Morgan fingerprint density at radius 1 is 1.05 bits per heavy atom. The first-order valence-electron chi connectivity index (χ1n) is 6.26. The Hall–Kier alpha value is -2.73. The molecule has 2 rings (SSSR count). The van der Waals surface area contributed by atoms with Gasteiger partial charge in [-0.3, -0.25) is 4.79 Å². The standard InChI is InChI=1S/C15H14FN3O2/c16-12-6-1-2-7-13(12)19-15(21)18-11-5-3-4-10(8-11)14(20)9-17/h1-8H,9,17H2,(H2,18,19,21). The van der Waals surface area contributed by atoms with Crippen LogP contribution in [0.2, 0.25) is 0 Å². The van der Waals surface area contributed by atoms with E-state index in [1.165, 1.54) is 24.3 Å². The normalized spacial score (nSPS) is 10.0. The number of rotatable bonds is 4. The molecule has 0 bridgehead atoms. The van der Waals surface area contributed by atoms with Crippen LogP contribution in [0.25, 0.3) is 0 Å². The lowest BCUT2D eigenvalue weighted by molar-refractivity contribution is 0.100. The molecule has 2 aromatic carbocycles. The van der Waals surface area contributed by atoms with Crippen LogP contribution in [0.15, 0.2) is 48.5 Å². The van der Waals surface area contributed by atoms with Crippen molar-refractivity contribution >= 4 is 23.2 Å². The molecule has 2 aromatic rings. The second kappa shape index (κ2) is 6.62. The molecule has 0 fully saturated rings. The van der Waals surface area contributed by atoms with Crippen LogP contribution in [0.3, 0.4) is 0 Å². The van der Waals surface area contributed by atoms with Crippen molar-refractivity contribution in [2.75, 3.05) is 17.2 Å². The second-order valence-electron chi connectivity index (χ2n) is 4.27. The number of hydrogen-bond donors (Lipinski definition) is 3. The van der Waals surface area contributed by atoms with E-state index in [4.69, 9.17) is 5.73 Å². The molecule has 0 aliphatic carbocycles. The predicted molar refractivity (Wildman–Crippen MR) is 78.9 cm³/mol. The minimum atomic E-state index is -0.600. The van der Waals surface area contributed by atoms with Crippen LogP contribution in [-0.2, 0) is 0 Å². The molecule has 0 atom stereocenters. The van der Waals surface area contributed by atoms with Crippen LogP contribution >= 0.6 is 0 Å². The minimum absolute atomic E-state index is 0.0733. The van der Waals surface area contributed by atoms with Crippen LogP contribution in [0, 0.1) is 5.82 Å². The number of carbonyl (C=O) groups is 2. The molecule has 4 N–H and O–H groups in total. The molecule has 5 nitrogen and oxygen atoms in total. The van der Waals surface area contributed by atoms with Crippen molar-refractivity contribution in [3.8, 4) is 0 Å². The number of amides is 2. The highest BCUT2D eigenvalue weighted by Crippen LogP contribution is 2.14. The van der Waals surface area contributed by atoms with Crippen LogP contribution in [0.1, 0.15) is 10.4 Å². The van der Waals surface area contributed by atoms with Crippen molar-refractivity contribution in [3.63, 3.8) is 0 Å². The fourth-order valence-corrected chi connectivity index (χ4v) is 1.74. The molecular formula is C15H14FN3O2. The summed E-state index contributed by atoms with van der Waals surface area (Å²) in [6.07, 6.45) is 0. The minimum Gasteiger partial charge on any atom is -0.324 e. The van der Waals surface area contributed by atoms with Crippen molar-refractivity contribution in [2.45, 2.75) is 0 Å². The summed E-state index contributed by atoms with van der Waals surface area (Å²) < 4.78 is 13.4. The van der Waals surface area contributed by atoms with Crippen molar-refractivity contribution < 1.29 is 14.0 Å². The zero-order chi connectivity index (χ0) is 15.2. The Balaban J connectivity index is 2.06. The number of benzene rings is 2. The van der Waals surface area contributed by atoms with Gasteiger partial charge in [-0.05, 0) is 24.3 Å². The first kappa shape index (κ1) is 14.7. The highest BCUT2D eigenvalue weighted by Gasteiger charge is 2.08.